The SMILES string of the molecule is CCOC(=O)N1CCN(C(=O)[C@H](CCC(=O)O)NC(=O)c2cc(OCC(=O)N3CCC(OC)CC3)c3ccccc3n2)CC1. The number of piperidine rings is 1. The molecule has 0 saturated carbocycles. The Balaban J connectivity index is 1.46. The molecule has 0 spiro atoms. The molecule has 0 bridgehead atoms. The molecule has 14 nitrogen and oxygen atoms in total. The molecule has 0 aliphatic carbocycles. The summed E-state index contributed by atoms with van der Waals surface area (Å²) in [7, 11) is 1.66. The number of carboxylic acids is 1. The molecule has 2 fully saturated rings. The molecule has 0 radical (unpaired) electrons. The van der Waals surface area contributed by atoms with Gasteiger partial charge in [0.2, 0.25) is 5.91 Å². The van der Waals surface area contributed by atoms with Gasteiger partial charge in [-0.2, -0.15) is 0 Å². The molecule has 2 N–H and O–H groups in total. The van der Waals surface area contributed by atoms with E-state index in [1.54, 1.807) is 43.2 Å². The van der Waals surface area contributed by atoms with Crippen LogP contribution in [0.4, 0.5) is 4.79 Å². The highest BCUT2D eigenvalue weighted by Crippen LogP contribution is 2.26. The third-order valence-electron chi connectivity index (χ3n) is 7.76. The summed E-state index contributed by atoms with van der Waals surface area (Å²) in [6.07, 6.45) is 0.673. The van der Waals surface area contributed by atoms with Gasteiger partial charge in [-0.15, -0.1) is 0 Å². The van der Waals surface area contributed by atoms with E-state index in [1.165, 1.54) is 15.9 Å². The number of carboxylic acid groups (broad SMARTS) is 1. The van der Waals surface area contributed by atoms with E-state index in [1.807, 2.05) is 0 Å². The second kappa shape index (κ2) is 15.3. The molecule has 3 heterocycles. The van der Waals surface area contributed by atoms with Gasteiger partial charge in [0.05, 0.1) is 18.2 Å². The first-order valence-electron chi connectivity index (χ1n) is 14.8. The molecule has 1 aromatic heterocycles. The van der Waals surface area contributed by atoms with E-state index in [9.17, 15) is 29.1 Å². The molecule has 238 valence electrons. The Labute approximate surface area is 255 Å². The first kappa shape index (κ1) is 32.5. The van der Waals surface area contributed by atoms with Crippen molar-refractivity contribution in [2.24, 2.45) is 0 Å². The maximum absolute atomic E-state index is 13.4. The number of nitrogens with one attached hydrogen (secondary N) is 1. The average Bonchev–Trinajstić information content (AvgIpc) is 3.04. The summed E-state index contributed by atoms with van der Waals surface area (Å²) in [5, 5.41) is 12.5. The molecule has 14 heteroatoms. The molecule has 1 aromatic carbocycles. The smallest absolute Gasteiger partial charge is 0.409 e. The van der Waals surface area contributed by atoms with Gasteiger partial charge in [-0.05, 0) is 38.3 Å². The van der Waals surface area contributed by atoms with Crippen molar-refractivity contribution in [1.29, 1.82) is 0 Å². The van der Waals surface area contributed by atoms with Gasteiger partial charge in [-0.25, -0.2) is 9.78 Å². The van der Waals surface area contributed by atoms with Crippen LogP contribution in [-0.2, 0) is 23.9 Å². The van der Waals surface area contributed by atoms with Gasteiger partial charge in [0.1, 0.15) is 17.5 Å². The number of rotatable bonds is 11. The monoisotopic (exact) mass is 613 g/mol. The first-order chi connectivity index (χ1) is 21.2. The predicted molar refractivity (Wildman–Crippen MR) is 157 cm³/mol. The molecule has 44 heavy (non-hydrogen) atoms. The van der Waals surface area contributed by atoms with E-state index in [2.05, 4.69) is 10.3 Å². The molecule has 2 saturated heterocycles. The molecule has 2 aliphatic heterocycles. The fourth-order valence-electron chi connectivity index (χ4n) is 5.25. The lowest BCUT2D eigenvalue weighted by Crippen LogP contribution is -2.56. The normalized spacial score (nSPS) is 16.4. The van der Waals surface area contributed by atoms with E-state index in [-0.39, 0.29) is 75.7 Å². The maximum atomic E-state index is 13.4. The third-order valence-corrected chi connectivity index (χ3v) is 7.76. The number of aliphatic carboxylic acids is 1. The van der Waals surface area contributed by atoms with Gasteiger partial charge in [-0.3, -0.25) is 19.2 Å². The Morgan fingerprint density at radius 3 is 2.34 bits per heavy atom. The second-order valence-corrected chi connectivity index (χ2v) is 10.6. The van der Waals surface area contributed by atoms with Gasteiger partial charge in [0, 0.05) is 64.3 Å². The molecule has 1 atom stereocenters. The van der Waals surface area contributed by atoms with E-state index >= 15 is 0 Å². The molecular formula is C30H39N5O9. The van der Waals surface area contributed by atoms with Gasteiger partial charge in [-0.1, -0.05) is 12.1 Å². The molecule has 4 rings (SSSR count). The van der Waals surface area contributed by atoms with E-state index in [0.29, 0.717) is 24.0 Å². The summed E-state index contributed by atoms with van der Waals surface area (Å²) in [5.74, 6) is -2.16. The van der Waals surface area contributed by atoms with Gasteiger partial charge >= 0.3 is 12.1 Å². The van der Waals surface area contributed by atoms with Crippen LogP contribution in [0.3, 0.4) is 0 Å². The molecule has 2 aliphatic rings. The zero-order chi connectivity index (χ0) is 31.6. The number of para-hydroxylation sites is 1. The standard InChI is InChI=1S/C30H39N5O9/c1-3-43-30(41)35-16-14-34(15-17-35)29(40)23(8-9-27(37)38)32-28(39)24-18-25(21-6-4-5-7-22(21)31-24)44-19-26(36)33-12-10-20(42-2)11-13-33/h4-7,18,20,23H,3,8-17,19H2,1-2H3,(H,32,39)(H,37,38)/t23-/m0/s1. The number of ether oxygens (including phenoxy) is 3. The first-order valence-corrected chi connectivity index (χ1v) is 14.8. The summed E-state index contributed by atoms with van der Waals surface area (Å²) >= 11 is 0. The van der Waals surface area contributed by atoms with Crippen molar-refractivity contribution in [3.8, 4) is 5.75 Å². The summed E-state index contributed by atoms with van der Waals surface area (Å²) < 4.78 is 16.3. The number of fused-ring (bicyclic) bond motifs is 1. The zero-order valence-electron chi connectivity index (χ0n) is 25.0. The Kier molecular flexibility index (Phi) is 11.3. The lowest BCUT2D eigenvalue weighted by molar-refractivity contribution is -0.138. The van der Waals surface area contributed by atoms with Crippen molar-refractivity contribution in [3.63, 3.8) is 0 Å². The predicted octanol–water partition coefficient (Wildman–Crippen LogP) is 1.51. The molecular weight excluding hydrogens is 574 g/mol. The number of aromatic nitrogens is 1. The number of piperazine rings is 1. The van der Waals surface area contributed by atoms with E-state index in [0.717, 1.165) is 12.8 Å². The van der Waals surface area contributed by atoms with Crippen LogP contribution in [0, 0.1) is 0 Å². The van der Waals surface area contributed by atoms with Crippen LogP contribution in [0.2, 0.25) is 0 Å². The van der Waals surface area contributed by atoms with E-state index in [4.69, 9.17) is 14.2 Å². The zero-order valence-corrected chi connectivity index (χ0v) is 25.0. The second-order valence-electron chi connectivity index (χ2n) is 10.6. The summed E-state index contributed by atoms with van der Waals surface area (Å²) in [6, 6.07) is 7.29. The number of nitrogens with zero attached hydrogens (tertiary/aromatic N) is 4. The van der Waals surface area contributed by atoms with Gasteiger partial charge < -0.3 is 39.3 Å². The quantitative estimate of drug-likeness (QED) is 0.379. The number of likely N-dealkylation sites (tertiary alicyclic amines) is 1. The number of hydrogen-bond acceptors (Lipinski definition) is 9. The molecule has 0 unspecified atom stereocenters. The molecule has 2 aromatic rings. The highest BCUT2D eigenvalue weighted by Gasteiger charge is 2.31. The van der Waals surface area contributed by atoms with Crippen molar-refractivity contribution in [3.05, 3.63) is 36.0 Å². The fraction of sp³-hybridized carbons (Fsp3) is 0.533. The fourth-order valence-corrected chi connectivity index (χ4v) is 5.25. The number of methoxy groups -OCH3 is 1. The Bertz CT molecular complexity index is 1350. The van der Waals surface area contributed by atoms with Crippen LogP contribution in [0.15, 0.2) is 30.3 Å². The summed E-state index contributed by atoms with van der Waals surface area (Å²) in [6.45, 7) is 3.76. The minimum Gasteiger partial charge on any atom is -0.483 e. The molecule has 4 amide bonds. The Hall–Kier alpha value is -4.46. The number of carbonyl (C=O) groups is 5. The maximum Gasteiger partial charge on any atom is 0.409 e. The topological polar surface area (TPSA) is 168 Å². The van der Waals surface area contributed by atoms with Crippen LogP contribution < -0.4 is 10.1 Å². The number of amides is 4. The van der Waals surface area contributed by atoms with Crippen LogP contribution in [0.25, 0.3) is 10.9 Å². The highest BCUT2D eigenvalue weighted by molar-refractivity contribution is 5.99. The van der Waals surface area contributed by atoms with E-state index < -0.39 is 29.9 Å². The third kappa shape index (κ3) is 8.34. The van der Waals surface area contributed by atoms with Crippen LogP contribution in [-0.4, -0.2) is 126 Å². The lowest BCUT2D eigenvalue weighted by Gasteiger charge is -2.35. The number of hydrogen-bond donors (Lipinski definition) is 2. The Morgan fingerprint density at radius 2 is 1.68 bits per heavy atom. The van der Waals surface area contributed by atoms with Crippen LogP contribution in [0.5, 0.6) is 5.75 Å². The minimum absolute atomic E-state index is 0.0488. The average molecular weight is 614 g/mol. The minimum atomic E-state index is -1.14. The van der Waals surface area contributed by atoms with Gasteiger partial charge in [0.15, 0.2) is 6.61 Å². The van der Waals surface area contributed by atoms with Crippen molar-refractivity contribution >= 4 is 40.7 Å². The van der Waals surface area contributed by atoms with Crippen LogP contribution in [0.1, 0.15) is 43.1 Å². The van der Waals surface area contributed by atoms with Crippen LogP contribution >= 0.6 is 0 Å². The summed E-state index contributed by atoms with van der Waals surface area (Å²) in [4.78, 5) is 72.2. The summed E-state index contributed by atoms with van der Waals surface area (Å²) in [5.41, 5.74) is 0.402. The lowest BCUT2D eigenvalue weighted by atomic mass is 10.1. The largest absolute Gasteiger partial charge is 0.483 e. The van der Waals surface area contributed by atoms with Crippen molar-refractivity contribution in [1.82, 2.24) is 25.0 Å². The number of carbonyl (C=O) groups excluding carboxylic acids is 4. The Morgan fingerprint density at radius 1 is 1.00 bits per heavy atom. The van der Waals surface area contributed by atoms with Crippen molar-refractivity contribution in [2.45, 2.75) is 44.8 Å². The van der Waals surface area contributed by atoms with Crippen molar-refractivity contribution in [2.75, 3.05) is 59.6 Å². The highest BCUT2D eigenvalue weighted by atomic mass is 16.6. The number of pyridine rings is 1. The van der Waals surface area contributed by atoms with Crippen molar-refractivity contribution < 1.29 is 43.3 Å². The number of benzene rings is 1. The van der Waals surface area contributed by atoms with Gasteiger partial charge in [0.25, 0.3) is 11.8 Å².